The second-order valence-corrected chi connectivity index (χ2v) is 9.34. The zero-order valence-corrected chi connectivity index (χ0v) is 15.7. The molecule has 0 amide bonds. The lowest BCUT2D eigenvalue weighted by atomic mass is 9.95. The van der Waals surface area contributed by atoms with Crippen LogP contribution in [0.5, 0.6) is 0 Å². The molecular formula is C17H21FN6O2S. The van der Waals surface area contributed by atoms with Crippen LogP contribution < -0.4 is 4.72 Å². The largest absolute Gasteiger partial charge is 0.345 e. The summed E-state index contributed by atoms with van der Waals surface area (Å²) in [5.41, 5.74) is 3.61. The van der Waals surface area contributed by atoms with Crippen LogP contribution in [0, 0.1) is 5.92 Å². The minimum absolute atomic E-state index is 0.0488. The summed E-state index contributed by atoms with van der Waals surface area (Å²) in [6, 6.07) is 1.81. The average Bonchev–Trinajstić information content (AvgIpc) is 3.28. The molecule has 0 bridgehead atoms. The van der Waals surface area contributed by atoms with Gasteiger partial charge in [0.15, 0.2) is 11.3 Å². The third-order valence-corrected chi connectivity index (χ3v) is 7.40. The first kappa shape index (κ1) is 17.1. The van der Waals surface area contributed by atoms with Crippen molar-refractivity contribution in [2.24, 2.45) is 5.92 Å². The standard InChI is InChI=1S/C17H21FN6O2S/c1-10-4-12(22-27(25,26)23-8-11(18)9-23)5-13(10)15-6-20-16-7-21-17-14(24(15)16)2-3-19-17/h2-3,6-7,10-13,19,22H,4-5,8-9H2,1H3/t10-,12+,13+/m1/s1. The first-order chi connectivity index (χ1) is 12.9. The number of aromatic nitrogens is 4. The number of imidazole rings is 1. The fraction of sp³-hybridized carbons (Fsp3) is 0.529. The molecule has 8 nitrogen and oxygen atoms in total. The van der Waals surface area contributed by atoms with E-state index in [1.165, 1.54) is 4.31 Å². The Balaban J connectivity index is 1.42. The molecule has 0 radical (unpaired) electrons. The summed E-state index contributed by atoms with van der Waals surface area (Å²) in [5, 5.41) is 0. The van der Waals surface area contributed by atoms with Gasteiger partial charge in [0.1, 0.15) is 6.17 Å². The van der Waals surface area contributed by atoms with Gasteiger partial charge in [-0.05, 0) is 24.8 Å². The molecule has 0 unspecified atom stereocenters. The Morgan fingerprint density at radius 2 is 2.07 bits per heavy atom. The van der Waals surface area contributed by atoms with Crippen molar-refractivity contribution in [1.29, 1.82) is 0 Å². The van der Waals surface area contributed by atoms with Gasteiger partial charge in [-0.2, -0.15) is 17.4 Å². The molecular weight excluding hydrogens is 371 g/mol. The van der Waals surface area contributed by atoms with Gasteiger partial charge in [0, 0.05) is 43.1 Å². The highest BCUT2D eigenvalue weighted by atomic mass is 32.2. The smallest absolute Gasteiger partial charge is 0.279 e. The van der Waals surface area contributed by atoms with Crippen molar-refractivity contribution in [2.45, 2.75) is 37.9 Å². The molecule has 0 spiro atoms. The minimum Gasteiger partial charge on any atom is -0.345 e. The number of H-pyrrole nitrogens is 1. The number of fused-ring (bicyclic) bond motifs is 3. The van der Waals surface area contributed by atoms with Gasteiger partial charge in [-0.1, -0.05) is 6.92 Å². The second-order valence-electron chi connectivity index (χ2n) is 7.64. The molecule has 2 fully saturated rings. The summed E-state index contributed by atoms with van der Waals surface area (Å²) in [6.45, 7) is 2.04. The molecule has 3 atom stereocenters. The molecule has 3 aromatic heterocycles. The van der Waals surface area contributed by atoms with E-state index in [1.54, 1.807) is 6.20 Å². The molecule has 144 valence electrons. The quantitative estimate of drug-likeness (QED) is 0.705. The summed E-state index contributed by atoms with van der Waals surface area (Å²) in [4.78, 5) is 12.0. The molecule has 1 aliphatic heterocycles. The van der Waals surface area contributed by atoms with E-state index in [4.69, 9.17) is 0 Å². The van der Waals surface area contributed by atoms with Gasteiger partial charge >= 0.3 is 0 Å². The van der Waals surface area contributed by atoms with E-state index in [0.717, 1.165) is 28.9 Å². The van der Waals surface area contributed by atoms with Crippen molar-refractivity contribution in [2.75, 3.05) is 13.1 Å². The van der Waals surface area contributed by atoms with Gasteiger partial charge in [-0.15, -0.1) is 0 Å². The summed E-state index contributed by atoms with van der Waals surface area (Å²) in [7, 11) is -3.62. The molecule has 1 aliphatic carbocycles. The fourth-order valence-corrected chi connectivity index (χ4v) is 5.86. The van der Waals surface area contributed by atoms with E-state index in [0.29, 0.717) is 12.3 Å². The van der Waals surface area contributed by atoms with Crippen LogP contribution in [-0.4, -0.2) is 57.4 Å². The number of nitrogens with one attached hydrogen (secondary N) is 2. The predicted molar refractivity (Wildman–Crippen MR) is 98.3 cm³/mol. The van der Waals surface area contributed by atoms with Gasteiger partial charge in [-0.3, -0.25) is 4.40 Å². The Hall–Kier alpha value is -2.04. The average molecular weight is 392 g/mol. The van der Waals surface area contributed by atoms with Crippen molar-refractivity contribution < 1.29 is 12.8 Å². The lowest BCUT2D eigenvalue weighted by Crippen LogP contribution is -2.56. The number of alkyl halides is 1. The molecule has 3 aromatic rings. The zero-order chi connectivity index (χ0) is 18.8. The highest BCUT2D eigenvalue weighted by molar-refractivity contribution is 7.87. The van der Waals surface area contributed by atoms with Crippen LogP contribution in [0.25, 0.3) is 16.8 Å². The van der Waals surface area contributed by atoms with E-state index >= 15 is 0 Å². The van der Waals surface area contributed by atoms with Gasteiger partial charge in [0.05, 0.1) is 11.7 Å². The third-order valence-electron chi connectivity index (χ3n) is 5.79. The maximum atomic E-state index is 13.0. The lowest BCUT2D eigenvalue weighted by molar-refractivity contribution is 0.139. The highest BCUT2D eigenvalue weighted by Crippen LogP contribution is 2.40. The Bertz CT molecular complexity index is 1100. The van der Waals surface area contributed by atoms with Crippen LogP contribution >= 0.6 is 0 Å². The van der Waals surface area contributed by atoms with Crippen LogP contribution in [0.1, 0.15) is 31.4 Å². The molecule has 1 saturated carbocycles. The molecule has 5 rings (SSSR count). The van der Waals surface area contributed by atoms with Crippen molar-refractivity contribution in [3.63, 3.8) is 0 Å². The monoisotopic (exact) mass is 392 g/mol. The van der Waals surface area contributed by atoms with Gasteiger partial charge in [0.25, 0.3) is 10.2 Å². The third kappa shape index (κ3) is 2.74. The second kappa shape index (κ2) is 5.98. The van der Waals surface area contributed by atoms with E-state index in [9.17, 15) is 12.8 Å². The summed E-state index contributed by atoms with van der Waals surface area (Å²) in [5.74, 6) is 0.476. The normalized spacial score (nSPS) is 27.6. The maximum absolute atomic E-state index is 13.0. The van der Waals surface area contributed by atoms with Gasteiger partial charge in [0.2, 0.25) is 0 Å². The number of halogens is 1. The molecule has 10 heteroatoms. The molecule has 27 heavy (non-hydrogen) atoms. The SMILES string of the molecule is C[C@@H]1C[C@H](NS(=O)(=O)N2CC(F)C2)C[C@@H]1c1cnc2cnc3[nH]ccc3n12. The van der Waals surface area contributed by atoms with Crippen LogP contribution in [-0.2, 0) is 10.2 Å². The van der Waals surface area contributed by atoms with Crippen molar-refractivity contribution in [1.82, 2.24) is 28.4 Å². The molecule has 1 saturated heterocycles. The Morgan fingerprint density at radius 1 is 1.26 bits per heavy atom. The Labute approximate surface area is 156 Å². The Kier molecular flexibility index (Phi) is 3.78. The highest BCUT2D eigenvalue weighted by Gasteiger charge is 2.40. The summed E-state index contributed by atoms with van der Waals surface area (Å²) >= 11 is 0. The van der Waals surface area contributed by atoms with Crippen molar-refractivity contribution in [3.05, 3.63) is 30.4 Å². The molecule has 0 aromatic carbocycles. The van der Waals surface area contributed by atoms with Crippen molar-refractivity contribution >= 4 is 27.0 Å². The van der Waals surface area contributed by atoms with E-state index in [1.807, 2.05) is 18.5 Å². The first-order valence-electron chi connectivity index (χ1n) is 9.13. The fourth-order valence-electron chi connectivity index (χ4n) is 4.38. The number of rotatable bonds is 4. The summed E-state index contributed by atoms with van der Waals surface area (Å²) < 4.78 is 43.8. The molecule has 2 aliphatic rings. The van der Waals surface area contributed by atoms with Crippen LogP contribution in [0.15, 0.2) is 24.7 Å². The number of aromatic amines is 1. The van der Waals surface area contributed by atoms with Crippen LogP contribution in [0.4, 0.5) is 4.39 Å². The van der Waals surface area contributed by atoms with Crippen LogP contribution in [0.2, 0.25) is 0 Å². The predicted octanol–water partition coefficient (Wildman–Crippen LogP) is 1.58. The first-order valence-corrected chi connectivity index (χ1v) is 10.6. The van der Waals surface area contributed by atoms with Gasteiger partial charge in [-0.25, -0.2) is 14.4 Å². The topological polar surface area (TPSA) is 95.4 Å². The molecule has 2 N–H and O–H groups in total. The number of nitrogens with zero attached hydrogens (tertiary/aromatic N) is 4. The van der Waals surface area contributed by atoms with Gasteiger partial charge < -0.3 is 4.98 Å². The molecule has 4 heterocycles. The lowest BCUT2D eigenvalue weighted by Gasteiger charge is -2.33. The summed E-state index contributed by atoms with van der Waals surface area (Å²) in [6.07, 6.45) is 5.83. The van der Waals surface area contributed by atoms with E-state index < -0.39 is 16.4 Å². The number of hydrogen-bond donors (Lipinski definition) is 2. The minimum atomic E-state index is -3.62. The maximum Gasteiger partial charge on any atom is 0.279 e. The zero-order valence-electron chi connectivity index (χ0n) is 14.8. The van der Waals surface area contributed by atoms with Crippen LogP contribution in [0.3, 0.4) is 0 Å². The van der Waals surface area contributed by atoms with E-state index in [2.05, 4.69) is 31.0 Å². The van der Waals surface area contributed by atoms with Crippen molar-refractivity contribution in [3.8, 4) is 0 Å². The Morgan fingerprint density at radius 3 is 2.85 bits per heavy atom. The number of hydrogen-bond acceptors (Lipinski definition) is 4. The van der Waals surface area contributed by atoms with E-state index in [-0.39, 0.29) is 25.0 Å².